The minimum absolute atomic E-state index is 0.0272. The lowest BCUT2D eigenvalue weighted by Gasteiger charge is -2.25. The summed E-state index contributed by atoms with van der Waals surface area (Å²) in [5, 5.41) is 0. The molecule has 2 aliphatic heterocycles. The summed E-state index contributed by atoms with van der Waals surface area (Å²) in [6.45, 7) is 10.9. The molecule has 0 spiro atoms. The summed E-state index contributed by atoms with van der Waals surface area (Å²) in [4.78, 5) is 43.4. The monoisotopic (exact) mass is 385 g/mol. The van der Waals surface area contributed by atoms with Gasteiger partial charge in [-0.25, -0.2) is 0 Å². The zero-order valence-electron chi connectivity index (χ0n) is 17.4. The van der Waals surface area contributed by atoms with E-state index >= 15 is 0 Å². The van der Waals surface area contributed by atoms with Crippen LogP contribution >= 0.6 is 0 Å². The Balaban J connectivity index is 1.61. The molecule has 0 bridgehead atoms. The molecular formula is C22H31N3O3. The van der Waals surface area contributed by atoms with Gasteiger partial charge in [-0.1, -0.05) is 6.07 Å². The first kappa shape index (κ1) is 20.4. The Morgan fingerprint density at radius 1 is 1.00 bits per heavy atom. The molecule has 6 heteroatoms. The molecule has 0 aromatic heterocycles. The van der Waals surface area contributed by atoms with E-state index < -0.39 is 0 Å². The maximum absolute atomic E-state index is 12.9. The van der Waals surface area contributed by atoms with E-state index in [2.05, 4.69) is 0 Å². The van der Waals surface area contributed by atoms with Crippen molar-refractivity contribution in [1.29, 1.82) is 0 Å². The lowest BCUT2D eigenvalue weighted by molar-refractivity contribution is -0.135. The smallest absolute Gasteiger partial charge is 0.253 e. The highest BCUT2D eigenvalue weighted by Crippen LogP contribution is 2.23. The third kappa shape index (κ3) is 4.21. The van der Waals surface area contributed by atoms with Gasteiger partial charge in [-0.2, -0.15) is 0 Å². The SMILES string of the molecule is Cc1ccc(C(=O)N2CCCN(C(=O)C3CC(=O)N(C(C)C)C3)CC2)cc1C. The van der Waals surface area contributed by atoms with Gasteiger partial charge in [0.15, 0.2) is 0 Å². The highest BCUT2D eigenvalue weighted by Gasteiger charge is 2.38. The molecule has 2 heterocycles. The quantitative estimate of drug-likeness (QED) is 0.802. The summed E-state index contributed by atoms with van der Waals surface area (Å²) in [7, 11) is 0. The number of benzene rings is 1. The minimum atomic E-state index is -0.253. The fourth-order valence-corrected chi connectivity index (χ4v) is 4.05. The molecule has 152 valence electrons. The topological polar surface area (TPSA) is 60.9 Å². The Labute approximate surface area is 167 Å². The minimum Gasteiger partial charge on any atom is -0.341 e. The predicted octanol–water partition coefficient (Wildman–Crippen LogP) is 2.23. The highest BCUT2D eigenvalue weighted by molar-refractivity contribution is 5.94. The zero-order valence-corrected chi connectivity index (χ0v) is 17.4. The first-order chi connectivity index (χ1) is 13.3. The molecule has 0 aliphatic carbocycles. The molecular weight excluding hydrogens is 354 g/mol. The molecule has 3 amide bonds. The third-order valence-corrected chi connectivity index (χ3v) is 5.98. The maximum Gasteiger partial charge on any atom is 0.253 e. The molecule has 0 N–H and O–H groups in total. The van der Waals surface area contributed by atoms with Crippen LogP contribution in [0.25, 0.3) is 0 Å². The molecule has 1 aromatic rings. The molecule has 6 nitrogen and oxygen atoms in total. The Kier molecular flexibility index (Phi) is 6.06. The fourth-order valence-electron chi connectivity index (χ4n) is 4.05. The van der Waals surface area contributed by atoms with Crippen molar-refractivity contribution < 1.29 is 14.4 Å². The summed E-state index contributed by atoms with van der Waals surface area (Å²) < 4.78 is 0. The molecule has 1 unspecified atom stereocenters. The molecule has 2 fully saturated rings. The van der Waals surface area contributed by atoms with Crippen molar-refractivity contribution in [2.75, 3.05) is 32.7 Å². The van der Waals surface area contributed by atoms with E-state index in [9.17, 15) is 14.4 Å². The average molecular weight is 386 g/mol. The second-order valence-electron chi connectivity index (χ2n) is 8.31. The van der Waals surface area contributed by atoms with Gasteiger partial charge < -0.3 is 14.7 Å². The number of carbonyl (C=O) groups excluding carboxylic acids is 3. The Bertz CT molecular complexity index is 774. The van der Waals surface area contributed by atoms with Crippen LogP contribution in [0.2, 0.25) is 0 Å². The molecule has 28 heavy (non-hydrogen) atoms. The second-order valence-corrected chi connectivity index (χ2v) is 8.31. The van der Waals surface area contributed by atoms with Crippen molar-refractivity contribution in [1.82, 2.24) is 14.7 Å². The van der Waals surface area contributed by atoms with Gasteiger partial charge in [0, 0.05) is 50.7 Å². The zero-order chi connectivity index (χ0) is 20.4. The summed E-state index contributed by atoms with van der Waals surface area (Å²) in [6, 6.07) is 5.92. The van der Waals surface area contributed by atoms with E-state index in [0.29, 0.717) is 44.7 Å². The number of hydrogen-bond acceptors (Lipinski definition) is 3. The highest BCUT2D eigenvalue weighted by atomic mass is 16.2. The van der Waals surface area contributed by atoms with Crippen LogP contribution in [0.1, 0.15) is 48.2 Å². The van der Waals surface area contributed by atoms with Crippen molar-refractivity contribution in [3.8, 4) is 0 Å². The van der Waals surface area contributed by atoms with E-state index in [4.69, 9.17) is 0 Å². The number of carbonyl (C=O) groups is 3. The lowest BCUT2D eigenvalue weighted by atomic mass is 10.1. The summed E-state index contributed by atoms with van der Waals surface area (Å²) in [5.74, 6) is -0.108. The van der Waals surface area contributed by atoms with Crippen molar-refractivity contribution in [3.05, 3.63) is 34.9 Å². The Hall–Kier alpha value is -2.37. The van der Waals surface area contributed by atoms with E-state index in [1.54, 1.807) is 4.90 Å². The fraction of sp³-hybridized carbons (Fsp3) is 0.591. The van der Waals surface area contributed by atoms with E-state index in [0.717, 1.165) is 12.0 Å². The molecule has 2 aliphatic rings. The normalized spacial score (nSPS) is 20.7. The van der Waals surface area contributed by atoms with Gasteiger partial charge in [-0.05, 0) is 57.4 Å². The number of hydrogen-bond donors (Lipinski definition) is 0. The first-order valence-corrected chi connectivity index (χ1v) is 10.2. The molecule has 0 saturated carbocycles. The van der Waals surface area contributed by atoms with Gasteiger partial charge >= 0.3 is 0 Å². The van der Waals surface area contributed by atoms with Crippen molar-refractivity contribution >= 4 is 17.7 Å². The van der Waals surface area contributed by atoms with Crippen LogP contribution < -0.4 is 0 Å². The number of aryl methyl sites for hydroxylation is 2. The van der Waals surface area contributed by atoms with Gasteiger partial charge in [0.25, 0.3) is 5.91 Å². The summed E-state index contributed by atoms with van der Waals surface area (Å²) in [6.07, 6.45) is 1.07. The third-order valence-electron chi connectivity index (χ3n) is 5.98. The van der Waals surface area contributed by atoms with Gasteiger partial charge in [0.2, 0.25) is 11.8 Å². The Morgan fingerprint density at radius 2 is 1.68 bits per heavy atom. The molecule has 1 aromatic carbocycles. The van der Waals surface area contributed by atoms with Gasteiger partial charge in [-0.15, -0.1) is 0 Å². The van der Waals surface area contributed by atoms with Gasteiger partial charge in [0.1, 0.15) is 0 Å². The van der Waals surface area contributed by atoms with Gasteiger partial charge in [0.05, 0.1) is 5.92 Å². The largest absolute Gasteiger partial charge is 0.341 e. The Morgan fingerprint density at radius 3 is 2.32 bits per heavy atom. The molecule has 1 atom stereocenters. The summed E-state index contributed by atoms with van der Waals surface area (Å²) >= 11 is 0. The van der Waals surface area contributed by atoms with Crippen LogP contribution in [0.4, 0.5) is 0 Å². The van der Waals surface area contributed by atoms with Crippen LogP contribution in [0.5, 0.6) is 0 Å². The predicted molar refractivity (Wildman–Crippen MR) is 108 cm³/mol. The van der Waals surface area contributed by atoms with E-state index in [-0.39, 0.29) is 29.7 Å². The first-order valence-electron chi connectivity index (χ1n) is 10.2. The van der Waals surface area contributed by atoms with Crippen molar-refractivity contribution in [2.45, 2.75) is 46.6 Å². The average Bonchev–Trinajstić information content (AvgIpc) is 2.89. The van der Waals surface area contributed by atoms with Crippen LogP contribution in [-0.4, -0.2) is 71.2 Å². The maximum atomic E-state index is 12.9. The second kappa shape index (κ2) is 8.33. The number of amides is 3. The summed E-state index contributed by atoms with van der Waals surface area (Å²) in [5.41, 5.74) is 2.99. The molecule has 3 rings (SSSR count). The number of likely N-dealkylation sites (tertiary alicyclic amines) is 1. The van der Waals surface area contributed by atoms with Crippen LogP contribution in [0.3, 0.4) is 0 Å². The van der Waals surface area contributed by atoms with Crippen LogP contribution in [0.15, 0.2) is 18.2 Å². The van der Waals surface area contributed by atoms with Crippen molar-refractivity contribution in [3.63, 3.8) is 0 Å². The van der Waals surface area contributed by atoms with Crippen LogP contribution in [-0.2, 0) is 9.59 Å². The standard InChI is InChI=1S/C22H31N3O3/c1-15(2)25-14-19(13-20(25)26)22(28)24-9-5-8-23(10-11-24)21(27)18-7-6-16(3)17(4)12-18/h6-7,12,15,19H,5,8-11,13-14H2,1-4H3. The van der Waals surface area contributed by atoms with Crippen LogP contribution in [0, 0.1) is 19.8 Å². The van der Waals surface area contributed by atoms with Gasteiger partial charge in [-0.3, -0.25) is 14.4 Å². The van der Waals surface area contributed by atoms with E-state index in [1.807, 2.05) is 55.7 Å². The number of rotatable bonds is 3. The van der Waals surface area contributed by atoms with E-state index in [1.165, 1.54) is 5.56 Å². The lowest BCUT2D eigenvalue weighted by Crippen LogP contribution is -2.41. The molecule has 2 saturated heterocycles. The van der Waals surface area contributed by atoms with Crippen molar-refractivity contribution in [2.24, 2.45) is 5.92 Å². The molecule has 0 radical (unpaired) electrons. The number of nitrogens with zero attached hydrogens (tertiary/aromatic N) is 3.